The van der Waals surface area contributed by atoms with Crippen molar-refractivity contribution in [3.05, 3.63) is 66.1 Å². The zero-order chi connectivity index (χ0) is 21.1. The summed E-state index contributed by atoms with van der Waals surface area (Å²) in [5.74, 6) is 0.439. The zero-order valence-electron chi connectivity index (χ0n) is 17.3. The number of ether oxygens (including phenoxy) is 2. The van der Waals surface area contributed by atoms with Gasteiger partial charge in [0, 0.05) is 24.8 Å². The highest BCUT2D eigenvalue weighted by atomic mass is 16.5. The molecule has 4 rings (SSSR count). The van der Waals surface area contributed by atoms with E-state index in [9.17, 15) is 4.79 Å². The van der Waals surface area contributed by atoms with Crippen molar-refractivity contribution in [1.82, 2.24) is 19.3 Å². The Morgan fingerprint density at radius 1 is 1.13 bits per heavy atom. The average Bonchev–Trinajstić information content (AvgIpc) is 3.34. The number of aryl methyl sites for hydroxylation is 2. The Balaban J connectivity index is 1.42. The van der Waals surface area contributed by atoms with Gasteiger partial charge in [0.15, 0.2) is 0 Å². The van der Waals surface area contributed by atoms with Gasteiger partial charge >= 0.3 is 5.97 Å². The smallest absolute Gasteiger partial charge is 0.312 e. The Morgan fingerprint density at radius 2 is 1.97 bits per heavy atom. The quantitative estimate of drug-likeness (QED) is 0.439. The second-order valence-corrected chi connectivity index (χ2v) is 7.04. The molecule has 0 radical (unpaired) electrons. The number of rotatable bonds is 7. The number of carbonyl (C=O) groups is 1. The highest BCUT2D eigenvalue weighted by Gasteiger charge is 2.15. The maximum atomic E-state index is 12.4. The van der Waals surface area contributed by atoms with Gasteiger partial charge in [0.1, 0.15) is 12.4 Å². The lowest BCUT2D eigenvalue weighted by Gasteiger charge is -2.06. The number of benzene rings is 2. The van der Waals surface area contributed by atoms with E-state index in [1.54, 1.807) is 11.8 Å². The molecule has 0 unspecified atom stereocenters. The molecule has 0 saturated heterocycles. The zero-order valence-corrected chi connectivity index (χ0v) is 17.3. The van der Waals surface area contributed by atoms with E-state index in [-0.39, 0.29) is 19.0 Å². The van der Waals surface area contributed by atoms with Crippen LogP contribution in [0.15, 0.2) is 54.9 Å². The number of fused-ring (bicyclic) bond motifs is 1. The molecule has 154 valence electrons. The van der Waals surface area contributed by atoms with Gasteiger partial charge in [0.2, 0.25) is 0 Å². The molecule has 7 nitrogen and oxygen atoms in total. The van der Waals surface area contributed by atoms with Gasteiger partial charge < -0.3 is 14.0 Å². The minimum atomic E-state index is -0.302. The van der Waals surface area contributed by atoms with E-state index in [4.69, 9.17) is 9.47 Å². The van der Waals surface area contributed by atoms with Crippen molar-refractivity contribution in [3.63, 3.8) is 0 Å². The first-order valence-electron chi connectivity index (χ1n) is 9.84. The van der Waals surface area contributed by atoms with Gasteiger partial charge in [0.05, 0.1) is 36.6 Å². The standard InChI is InChI=1S/C23H24N4O3/c1-4-27-15-24-20-11-16(9-10-21(20)27)14-30-23(28)13-17-12-19(25-26(17)2)18-7-5-6-8-22(18)29-3/h5-12,15H,4,13-14H2,1-3H3. The van der Waals surface area contributed by atoms with Gasteiger partial charge in [-0.15, -0.1) is 0 Å². The average molecular weight is 404 g/mol. The summed E-state index contributed by atoms with van der Waals surface area (Å²) in [5, 5.41) is 4.52. The summed E-state index contributed by atoms with van der Waals surface area (Å²) in [6.45, 7) is 3.16. The van der Waals surface area contributed by atoms with E-state index < -0.39 is 0 Å². The van der Waals surface area contributed by atoms with Gasteiger partial charge in [-0.2, -0.15) is 5.10 Å². The number of nitrogens with zero attached hydrogens (tertiary/aromatic N) is 4. The first-order valence-corrected chi connectivity index (χ1v) is 9.84. The van der Waals surface area contributed by atoms with Crippen LogP contribution < -0.4 is 4.74 Å². The molecule has 2 aromatic heterocycles. The molecule has 0 aliphatic rings. The number of hydrogen-bond acceptors (Lipinski definition) is 5. The maximum Gasteiger partial charge on any atom is 0.312 e. The molecule has 0 aliphatic carbocycles. The van der Waals surface area contributed by atoms with Gasteiger partial charge in [-0.25, -0.2) is 4.98 Å². The van der Waals surface area contributed by atoms with Crippen molar-refractivity contribution in [1.29, 1.82) is 0 Å². The van der Waals surface area contributed by atoms with Gasteiger partial charge in [0.25, 0.3) is 0 Å². The fourth-order valence-electron chi connectivity index (χ4n) is 3.47. The van der Waals surface area contributed by atoms with Crippen molar-refractivity contribution in [3.8, 4) is 17.0 Å². The summed E-state index contributed by atoms with van der Waals surface area (Å²) < 4.78 is 14.7. The Kier molecular flexibility index (Phi) is 5.52. The van der Waals surface area contributed by atoms with E-state index in [1.807, 2.05) is 61.9 Å². The van der Waals surface area contributed by atoms with Crippen LogP contribution in [0, 0.1) is 0 Å². The molecule has 0 bridgehead atoms. The molecule has 0 spiro atoms. The van der Waals surface area contributed by atoms with Crippen LogP contribution in [-0.2, 0) is 36.2 Å². The highest BCUT2D eigenvalue weighted by molar-refractivity contribution is 5.76. The molecule has 0 amide bonds. The lowest BCUT2D eigenvalue weighted by molar-refractivity contribution is -0.144. The first kappa shape index (κ1) is 19.7. The Morgan fingerprint density at radius 3 is 2.77 bits per heavy atom. The predicted octanol–water partition coefficient (Wildman–Crippen LogP) is 3.75. The molecule has 0 atom stereocenters. The van der Waals surface area contributed by atoms with Crippen LogP contribution in [0.25, 0.3) is 22.3 Å². The number of hydrogen-bond donors (Lipinski definition) is 0. The van der Waals surface area contributed by atoms with Crippen LogP contribution in [-0.4, -0.2) is 32.4 Å². The number of imidazole rings is 1. The normalized spacial score (nSPS) is 11.0. The molecule has 0 N–H and O–H groups in total. The third kappa shape index (κ3) is 3.91. The monoisotopic (exact) mass is 404 g/mol. The van der Waals surface area contributed by atoms with Crippen LogP contribution >= 0.6 is 0 Å². The Hall–Kier alpha value is -3.61. The highest BCUT2D eigenvalue weighted by Crippen LogP contribution is 2.29. The predicted molar refractivity (Wildman–Crippen MR) is 114 cm³/mol. The number of para-hydroxylation sites is 1. The minimum Gasteiger partial charge on any atom is -0.496 e. The first-order chi connectivity index (χ1) is 14.6. The van der Waals surface area contributed by atoms with Crippen molar-refractivity contribution >= 4 is 17.0 Å². The van der Waals surface area contributed by atoms with Gasteiger partial charge in [-0.05, 0) is 42.8 Å². The summed E-state index contributed by atoms with van der Waals surface area (Å²) in [6, 6.07) is 15.5. The molecule has 2 aromatic carbocycles. The molecular weight excluding hydrogens is 380 g/mol. The lowest BCUT2D eigenvalue weighted by Crippen LogP contribution is -2.11. The number of esters is 1. The fraction of sp³-hybridized carbons (Fsp3) is 0.261. The molecular formula is C23H24N4O3. The van der Waals surface area contributed by atoms with Crippen LogP contribution in [0.3, 0.4) is 0 Å². The minimum absolute atomic E-state index is 0.144. The maximum absolute atomic E-state index is 12.4. The van der Waals surface area contributed by atoms with E-state index in [0.29, 0.717) is 0 Å². The third-order valence-electron chi connectivity index (χ3n) is 5.11. The van der Waals surface area contributed by atoms with Crippen molar-refractivity contribution in [2.45, 2.75) is 26.5 Å². The number of aromatic nitrogens is 4. The van der Waals surface area contributed by atoms with Crippen LogP contribution in [0.2, 0.25) is 0 Å². The summed E-state index contributed by atoms with van der Waals surface area (Å²) in [6.07, 6.45) is 1.97. The Labute approximate surface area is 174 Å². The summed E-state index contributed by atoms with van der Waals surface area (Å²) in [5.41, 5.74) is 5.31. The van der Waals surface area contributed by atoms with E-state index in [1.165, 1.54) is 0 Å². The van der Waals surface area contributed by atoms with Gasteiger partial charge in [-0.3, -0.25) is 9.48 Å². The van der Waals surface area contributed by atoms with Crippen LogP contribution in [0.4, 0.5) is 0 Å². The van der Waals surface area contributed by atoms with E-state index >= 15 is 0 Å². The van der Waals surface area contributed by atoms with Gasteiger partial charge in [-0.1, -0.05) is 18.2 Å². The number of carbonyl (C=O) groups excluding carboxylic acids is 1. The van der Waals surface area contributed by atoms with E-state index in [0.717, 1.165) is 45.8 Å². The molecule has 30 heavy (non-hydrogen) atoms. The molecule has 2 heterocycles. The second-order valence-electron chi connectivity index (χ2n) is 7.04. The molecule has 0 aliphatic heterocycles. The lowest BCUT2D eigenvalue weighted by atomic mass is 10.1. The molecule has 0 saturated carbocycles. The SMILES string of the molecule is CCn1cnc2cc(COC(=O)Cc3cc(-c4ccccc4OC)nn3C)ccc21. The molecule has 4 aromatic rings. The topological polar surface area (TPSA) is 71.2 Å². The second kappa shape index (κ2) is 8.41. The van der Waals surface area contributed by atoms with Crippen molar-refractivity contribution < 1.29 is 14.3 Å². The third-order valence-corrected chi connectivity index (χ3v) is 5.11. The van der Waals surface area contributed by atoms with Crippen LogP contribution in [0.1, 0.15) is 18.2 Å². The Bertz CT molecular complexity index is 1190. The molecule has 0 fully saturated rings. The molecule has 7 heteroatoms. The van der Waals surface area contributed by atoms with Crippen LogP contribution in [0.5, 0.6) is 5.75 Å². The van der Waals surface area contributed by atoms with Crippen molar-refractivity contribution in [2.24, 2.45) is 7.05 Å². The summed E-state index contributed by atoms with van der Waals surface area (Å²) in [4.78, 5) is 16.8. The summed E-state index contributed by atoms with van der Waals surface area (Å²) in [7, 11) is 3.45. The van der Waals surface area contributed by atoms with Crippen molar-refractivity contribution in [2.75, 3.05) is 7.11 Å². The largest absolute Gasteiger partial charge is 0.496 e. The van der Waals surface area contributed by atoms with E-state index in [2.05, 4.69) is 21.6 Å². The summed E-state index contributed by atoms with van der Waals surface area (Å²) >= 11 is 0. The fourth-order valence-corrected chi connectivity index (χ4v) is 3.47. The number of methoxy groups -OCH3 is 1.